The van der Waals surface area contributed by atoms with E-state index in [2.05, 4.69) is 4.90 Å². The molecule has 21 heavy (non-hydrogen) atoms. The first-order valence-corrected chi connectivity index (χ1v) is 7.18. The number of carbonyl (C=O) groups excluding carboxylic acids is 2. The highest BCUT2D eigenvalue weighted by Crippen LogP contribution is 2.20. The SMILES string of the molecule is COC(=O)C1CCCN1CCOc1ccccc1C(C)=O. The Kier molecular flexibility index (Phi) is 5.33. The number of rotatable bonds is 6. The van der Waals surface area contributed by atoms with Crippen LogP contribution in [0.5, 0.6) is 5.75 Å². The predicted molar refractivity (Wildman–Crippen MR) is 78.6 cm³/mol. The monoisotopic (exact) mass is 291 g/mol. The summed E-state index contributed by atoms with van der Waals surface area (Å²) >= 11 is 0. The van der Waals surface area contributed by atoms with Gasteiger partial charge in [0.05, 0.1) is 12.7 Å². The van der Waals surface area contributed by atoms with Crippen molar-refractivity contribution >= 4 is 11.8 Å². The van der Waals surface area contributed by atoms with Crippen LogP contribution in [0, 0.1) is 0 Å². The van der Waals surface area contributed by atoms with Crippen LogP contribution in [0.2, 0.25) is 0 Å². The first kappa shape index (κ1) is 15.5. The van der Waals surface area contributed by atoms with Crippen molar-refractivity contribution in [2.24, 2.45) is 0 Å². The Labute approximate surface area is 124 Å². The Morgan fingerprint density at radius 2 is 2.10 bits per heavy atom. The molecule has 5 nitrogen and oxygen atoms in total. The normalized spacial score (nSPS) is 18.5. The molecule has 1 atom stereocenters. The number of ketones is 1. The molecule has 1 heterocycles. The number of esters is 1. The molecule has 1 unspecified atom stereocenters. The van der Waals surface area contributed by atoms with Crippen molar-refractivity contribution in [1.29, 1.82) is 0 Å². The average molecular weight is 291 g/mol. The summed E-state index contributed by atoms with van der Waals surface area (Å²) < 4.78 is 10.5. The van der Waals surface area contributed by atoms with Crippen LogP contribution in [0.3, 0.4) is 0 Å². The number of Topliss-reactive ketones (excluding diaryl/α,β-unsaturated/α-hetero) is 1. The quantitative estimate of drug-likeness (QED) is 0.592. The molecule has 2 rings (SSSR count). The minimum absolute atomic E-state index is 0.0146. The maximum atomic E-state index is 11.7. The molecule has 0 saturated carbocycles. The van der Waals surface area contributed by atoms with Gasteiger partial charge in [-0.05, 0) is 38.4 Å². The Hall–Kier alpha value is -1.88. The number of hydrogen-bond donors (Lipinski definition) is 0. The van der Waals surface area contributed by atoms with E-state index in [0.29, 0.717) is 24.5 Å². The second-order valence-electron chi connectivity index (χ2n) is 5.12. The molecule has 1 saturated heterocycles. The second kappa shape index (κ2) is 7.22. The molecule has 1 aliphatic heterocycles. The van der Waals surface area contributed by atoms with Crippen molar-refractivity contribution in [2.75, 3.05) is 26.8 Å². The number of carbonyl (C=O) groups is 2. The number of nitrogens with zero attached hydrogens (tertiary/aromatic N) is 1. The van der Waals surface area contributed by atoms with Gasteiger partial charge in [0, 0.05) is 6.54 Å². The lowest BCUT2D eigenvalue weighted by molar-refractivity contribution is -0.145. The summed E-state index contributed by atoms with van der Waals surface area (Å²) in [5.41, 5.74) is 0.587. The number of likely N-dealkylation sites (tertiary alicyclic amines) is 1. The molecule has 0 radical (unpaired) electrons. The number of ether oxygens (including phenoxy) is 2. The number of hydrogen-bond acceptors (Lipinski definition) is 5. The van der Waals surface area contributed by atoms with E-state index in [0.717, 1.165) is 19.4 Å². The topological polar surface area (TPSA) is 55.8 Å². The van der Waals surface area contributed by atoms with Crippen LogP contribution in [-0.2, 0) is 9.53 Å². The van der Waals surface area contributed by atoms with Gasteiger partial charge in [0.2, 0.25) is 0 Å². The summed E-state index contributed by atoms with van der Waals surface area (Å²) in [6, 6.07) is 7.04. The third-order valence-electron chi connectivity index (χ3n) is 3.74. The Bertz CT molecular complexity index is 515. The molecule has 0 aliphatic carbocycles. The summed E-state index contributed by atoms with van der Waals surface area (Å²) in [5.74, 6) is 0.398. The van der Waals surface area contributed by atoms with E-state index in [4.69, 9.17) is 9.47 Å². The lowest BCUT2D eigenvalue weighted by Gasteiger charge is -2.22. The molecular weight excluding hydrogens is 270 g/mol. The average Bonchev–Trinajstić information content (AvgIpc) is 2.95. The predicted octanol–water partition coefficient (Wildman–Crippen LogP) is 1.91. The standard InChI is InChI=1S/C16H21NO4/c1-12(18)13-6-3-4-8-15(13)21-11-10-17-9-5-7-14(17)16(19)20-2/h3-4,6,8,14H,5,7,9-11H2,1-2H3. The van der Waals surface area contributed by atoms with E-state index in [1.54, 1.807) is 12.1 Å². The fourth-order valence-corrected chi connectivity index (χ4v) is 2.65. The fourth-order valence-electron chi connectivity index (χ4n) is 2.65. The molecular formula is C16H21NO4. The van der Waals surface area contributed by atoms with Crippen molar-refractivity contribution < 1.29 is 19.1 Å². The molecule has 0 N–H and O–H groups in total. The summed E-state index contributed by atoms with van der Waals surface area (Å²) in [4.78, 5) is 25.2. The van der Waals surface area contributed by atoms with Crippen LogP contribution >= 0.6 is 0 Å². The van der Waals surface area contributed by atoms with Gasteiger partial charge in [-0.25, -0.2) is 0 Å². The van der Waals surface area contributed by atoms with E-state index < -0.39 is 0 Å². The molecule has 0 amide bonds. The van der Waals surface area contributed by atoms with Crippen molar-refractivity contribution in [3.8, 4) is 5.75 Å². The Morgan fingerprint density at radius 3 is 2.81 bits per heavy atom. The molecule has 1 aromatic carbocycles. The van der Waals surface area contributed by atoms with Gasteiger partial charge in [-0.15, -0.1) is 0 Å². The van der Waals surface area contributed by atoms with Gasteiger partial charge in [0.1, 0.15) is 18.4 Å². The van der Waals surface area contributed by atoms with E-state index >= 15 is 0 Å². The summed E-state index contributed by atoms with van der Waals surface area (Å²) in [6.07, 6.45) is 1.82. The van der Waals surface area contributed by atoms with Crippen LogP contribution < -0.4 is 4.74 Å². The molecule has 1 aromatic rings. The van der Waals surface area contributed by atoms with Crippen LogP contribution in [0.15, 0.2) is 24.3 Å². The first-order valence-electron chi connectivity index (χ1n) is 7.18. The first-order chi connectivity index (χ1) is 10.1. The van der Waals surface area contributed by atoms with Gasteiger partial charge < -0.3 is 9.47 Å². The zero-order valence-corrected chi connectivity index (χ0v) is 12.5. The minimum Gasteiger partial charge on any atom is -0.491 e. The van der Waals surface area contributed by atoms with Crippen LogP contribution in [-0.4, -0.2) is 49.5 Å². The van der Waals surface area contributed by atoms with Gasteiger partial charge in [-0.3, -0.25) is 14.5 Å². The Morgan fingerprint density at radius 1 is 1.33 bits per heavy atom. The van der Waals surface area contributed by atoms with E-state index in [9.17, 15) is 9.59 Å². The fraction of sp³-hybridized carbons (Fsp3) is 0.500. The van der Waals surface area contributed by atoms with Crippen molar-refractivity contribution in [2.45, 2.75) is 25.8 Å². The summed E-state index contributed by atoms with van der Waals surface area (Å²) in [7, 11) is 1.42. The zero-order chi connectivity index (χ0) is 15.2. The Balaban J connectivity index is 1.90. The van der Waals surface area contributed by atoms with Gasteiger partial charge >= 0.3 is 5.97 Å². The minimum atomic E-state index is -0.184. The molecule has 5 heteroatoms. The maximum Gasteiger partial charge on any atom is 0.323 e. The maximum absolute atomic E-state index is 11.7. The molecule has 1 fully saturated rings. The van der Waals surface area contributed by atoms with Gasteiger partial charge in [-0.1, -0.05) is 12.1 Å². The highest BCUT2D eigenvalue weighted by Gasteiger charge is 2.31. The van der Waals surface area contributed by atoms with Crippen LogP contribution in [0.1, 0.15) is 30.1 Å². The zero-order valence-electron chi connectivity index (χ0n) is 12.5. The highest BCUT2D eigenvalue weighted by atomic mass is 16.5. The second-order valence-corrected chi connectivity index (χ2v) is 5.12. The molecule has 0 bridgehead atoms. The van der Waals surface area contributed by atoms with E-state index in [1.807, 2.05) is 12.1 Å². The van der Waals surface area contributed by atoms with Crippen molar-refractivity contribution in [3.63, 3.8) is 0 Å². The summed E-state index contributed by atoms with van der Waals surface area (Å²) in [6.45, 7) is 3.48. The number of methoxy groups -OCH3 is 1. The molecule has 0 aromatic heterocycles. The number of benzene rings is 1. The third kappa shape index (κ3) is 3.82. The lowest BCUT2D eigenvalue weighted by atomic mass is 10.1. The molecule has 114 valence electrons. The van der Waals surface area contributed by atoms with Crippen molar-refractivity contribution in [3.05, 3.63) is 29.8 Å². The van der Waals surface area contributed by atoms with Crippen LogP contribution in [0.25, 0.3) is 0 Å². The van der Waals surface area contributed by atoms with Crippen molar-refractivity contribution in [1.82, 2.24) is 4.90 Å². The lowest BCUT2D eigenvalue weighted by Crippen LogP contribution is -2.39. The van der Waals surface area contributed by atoms with E-state index in [-0.39, 0.29) is 17.8 Å². The smallest absolute Gasteiger partial charge is 0.323 e. The molecule has 1 aliphatic rings. The van der Waals surface area contributed by atoms with Crippen LogP contribution in [0.4, 0.5) is 0 Å². The highest BCUT2D eigenvalue weighted by molar-refractivity contribution is 5.96. The third-order valence-corrected chi connectivity index (χ3v) is 3.74. The van der Waals surface area contributed by atoms with Gasteiger partial charge in [-0.2, -0.15) is 0 Å². The van der Waals surface area contributed by atoms with E-state index in [1.165, 1.54) is 14.0 Å². The molecule has 0 spiro atoms. The summed E-state index contributed by atoms with van der Waals surface area (Å²) in [5, 5.41) is 0. The number of para-hydroxylation sites is 1. The van der Waals surface area contributed by atoms with Gasteiger partial charge in [0.15, 0.2) is 5.78 Å². The largest absolute Gasteiger partial charge is 0.491 e. The van der Waals surface area contributed by atoms with Gasteiger partial charge in [0.25, 0.3) is 0 Å².